The number of aromatic nitrogens is 1. The lowest BCUT2D eigenvalue weighted by molar-refractivity contribution is 0.315. The lowest BCUT2D eigenvalue weighted by atomic mass is 9.86. The fourth-order valence-corrected chi connectivity index (χ4v) is 3.89. The van der Waals surface area contributed by atoms with E-state index in [-0.39, 0.29) is 11.5 Å². The van der Waals surface area contributed by atoms with E-state index in [1.54, 1.807) is 6.92 Å². The van der Waals surface area contributed by atoms with Crippen molar-refractivity contribution >= 4 is 20.9 Å². The topological polar surface area (TPSA) is 72.2 Å². The van der Waals surface area contributed by atoms with E-state index in [2.05, 4.69) is 10.3 Å². The molecule has 1 aliphatic carbocycles. The first kappa shape index (κ1) is 16.5. The first-order valence-electron chi connectivity index (χ1n) is 8.36. The first-order chi connectivity index (χ1) is 11.1. The van der Waals surface area contributed by atoms with Gasteiger partial charge in [0.15, 0.2) is 21.3 Å². The zero-order valence-corrected chi connectivity index (χ0v) is 14.3. The summed E-state index contributed by atoms with van der Waals surface area (Å²) in [5.41, 5.74) is 1.78. The summed E-state index contributed by atoms with van der Waals surface area (Å²) in [5.74, 6) is 1.67. The molecule has 0 aliphatic heterocycles. The van der Waals surface area contributed by atoms with E-state index < -0.39 is 9.84 Å². The average molecular weight is 336 g/mol. The van der Waals surface area contributed by atoms with Crippen LogP contribution in [0.5, 0.6) is 0 Å². The molecule has 1 N–H and O–H groups in total. The van der Waals surface area contributed by atoms with E-state index in [9.17, 15) is 8.42 Å². The van der Waals surface area contributed by atoms with Crippen LogP contribution in [0.1, 0.15) is 44.4 Å². The summed E-state index contributed by atoms with van der Waals surface area (Å²) in [6.07, 6.45) is 4.14. The smallest absolute Gasteiger partial charge is 0.198 e. The van der Waals surface area contributed by atoms with Crippen LogP contribution in [0.25, 0.3) is 11.1 Å². The number of para-hydroxylation sites is 2. The fraction of sp³-hybridized carbons (Fsp3) is 0.588. The minimum atomic E-state index is -2.88. The lowest BCUT2D eigenvalue weighted by Gasteiger charge is -2.27. The molecule has 0 radical (unpaired) electrons. The van der Waals surface area contributed by atoms with Crippen molar-refractivity contribution in [1.82, 2.24) is 10.3 Å². The molecule has 3 rings (SSSR count). The Labute approximate surface area is 137 Å². The van der Waals surface area contributed by atoms with E-state index in [0.717, 1.165) is 42.7 Å². The van der Waals surface area contributed by atoms with Crippen LogP contribution in [0, 0.1) is 0 Å². The minimum absolute atomic E-state index is 0.221. The molecule has 1 fully saturated rings. The van der Waals surface area contributed by atoms with Crippen LogP contribution in [0.4, 0.5) is 0 Å². The largest absolute Gasteiger partial charge is 0.440 e. The van der Waals surface area contributed by atoms with Crippen LogP contribution in [-0.4, -0.2) is 37.5 Å². The molecule has 6 heteroatoms. The number of rotatable bonds is 6. The van der Waals surface area contributed by atoms with Crippen LogP contribution >= 0.6 is 0 Å². The summed E-state index contributed by atoms with van der Waals surface area (Å²) in [4.78, 5) is 4.60. The van der Waals surface area contributed by atoms with Crippen molar-refractivity contribution < 1.29 is 12.8 Å². The van der Waals surface area contributed by atoms with Crippen molar-refractivity contribution in [2.75, 3.05) is 18.1 Å². The molecule has 126 valence electrons. The van der Waals surface area contributed by atoms with Gasteiger partial charge in [0, 0.05) is 24.3 Å². The maximum absolute atomic E-state index is 11.5. The molecule has 0 unspecified atom stereocenters. The number of sulfone groups is 1. The summed E-state index contributed by atoms with van der Waals surface area (Å²) in [6, 6.07) is 8.27. The molecule has 0 amide bonds. The third kappa shape index (κ3) is 4.12. The monoisotopic (exact) mass is 336 g/mol. The van der Waals surface area contributed by atoms with Gasteiger partial charge in [-0.2, -0.15) is 0 Å². The highest BCUT2D eigenvalue weighted by Gasteiger charge is 2.25. The van der Waals surface area contributed by atoms with Crippen LogP contribution in [-0.2, 0) is 9.84 Å². The number of hydrogen-bond donors (Lipinski definition) is 1. The van der Waals surface area contributed by atoms with Crippen molar-refractivity contribution in [2.24, 2.45) is 0 Å². The van der Waals surface area contributed by atoms with Gasteiger partial charge in [0.2, 0.25) is 0 Å². The van der Waals surface area contributed by atoms with Crippen molar-refractivity contribution in [3.05, 3.63) is 30.2 Å². The number of hydrogen-bond acceptors (Lipinski definition) is 5. The summed E-state index contributed by atoms with van der Waals surface area (Å²) >= 11 is 0. The zero-order chi connectivity index (χ0) is 16.3. The minimum Gasteiger partial charge on any atom is -0.440 e. The Hall–Kier alpha value is -1.40. The Balaban J connectivity index is 1.50. The van der Waals surface area contributed by atoms with Gasteiger partial charge >= 0.3 is 0 Å². The second kappa shape index (κ2) is 7.01. The maximum atomic E-state index is 11.5. The fourth-order valence-electron chi connectivity index (χ4n) is 3.17. The Kier molecular flexibility index (Phi) is 5.02. The van der Waals surface area contributed by atoms with Gasteiger partial charge < -0.3 is 9.73 Å². The van der Waals surface area contributed by atoms with Gasteiger partial charge in [-0.05, 0) is 37.8 Å². The molecule has 1 aromatic carbocycles. The number of nitrogens with zero attached hydrogens (tertiary/aromatic N) is 1. The van der Waals surface area contributed by atoms with Gasteiger partial charge in [0.05, 0.1) is 5.75 Å². The van der Waals surface area contributed by atoms with Crippen molar-refractivity contribution in [3.8, 4) is 0 Å². The molecule has 2 aromatic rings. The number of nitrogens with one attached hydrogen (secondary N) is 1. The number of fused-ring (bicyclic) bond motifs is 1. The standard InChI is InChI=1S/C17H24N2O3S/c1-2-23(20,21)12-11-18-14-9-7-13(8-10-14)17-19-15-5-3-4-6-16(15)22-17/h3-6,13-14,18H,2,7-12H2,1H3. The molecule has 0 saturated heterocycles. The Bertz CT molecular complexity index is 713. The number of benzene rings is 1. The first-order valence-corrected chi connectivity index (χ1v) is 10.2. The molecule has 0 bridgehead atoms. The molecule has 5 nitrogen and oxygen atoms in total. The Morgan fingerprint density at radius 2 is 1.96 bits per heavy atom. The van der Waals surface area contributed by atoms with Crippen LogP contribution in [0.15, 0.2) is 28.7 Å². The summed E-state index contributed by atoms with van der Waals surface area (Å²) in [7, 11) is -2.88. The Morgan fingerprint density at radius 1 is 1.22 bits per heavy atom. The molecule has 23 heavy (non-hydrogen) atoms. The van der Waals surface area contributed by atoms with E-state index in [4.69, 9.17) is 4.42 Å². The van der Waals surface area contributed by atoms with Crippen molar-refractivity contribution in [2.45, 2.75) is 44.6 Å². The SMILES string of the molecule is CCS(=O)(=O)CCNC1CCC(c2nc3ccccc3o2)CC1. The van der Waals surface area contributed by atoms with E-state index in [0.29, 0.717) is 18.5 Å². The molecule has 0 atom stereocenters. The van der Waals surface area contributed by atoms with E-state index in [1.165, 1.54) is 0 Å². The molecule has 0 spiro atoms. The highest BCUT2D eigenvalue weighted by atomic mass is 32.2. The lowest BCUT2D eigenvalue weighted by Crippen LogP contribution is -2.36. The number of oxazole rings is 1. The average Bonchev–Trinajstić information content (AvgIpc) is 2.99. The Morgan fingerprint density at radius 3 is 2.65 bits per heavy atom. The van der Waals surface area contributed by atoms with Gasteiger partial charge in [-0.1, -0.05) is 19.1 Å². The molecular weight excluding hydrogens is 312 g/mol. The van der Waals surface area contributed by atoms with Crippen LogP contribution < -0.4 is 5.32 Å². The highest BCUT2D eigenvalue weighted by molar-refractivity contribution is 7.91. The second-order valence-corrected chi connectivity index (χ2v) is 8.73. The molecule has 1 heterocycles. The third-order valence-corrected chi connectivity index (χ3v) is 6.38. The third-order valence-electron chi connectivity index (χ3n) is 4.67. The van der Waals surface area contributed by atoms with Gasteiger partial charge in [0.1, 0.15) is 5.52 Å². The predicted octanol–water partition coefficient (Wildman–Crippen LogP) is 2.88. The van der Waals surface area contributed by atoms with Crippen molar-refractivity contribution in [3.63, 3.8) is 0 Å². The van der Waals surface area contributed by atoms with E-state index >= 15 is 0 Å². The summed E-state index contributed by atoms with van der Waals surface area (Å²) in [5, 5.41) is 3.38. The molecule has 1 saturated carbocycles. The van der Waals surface area contributed by atoms with Gasteiger partial charge in [-0.3, -0.25) is 0 Å². The second-order valence-electron chi connectivity index (χ2n) is 6.26. The predicted molar refractivity (Wildman–Crippen MR) is 91.3 cm³/mol. The summed E-state index contributed by atoms with van der Waals surface area (Å²) in [6.45, 7) is 2.25. The molecule has 1 aliphatic rings. The zero-order valence-electron chi connectivity index (χ0n) is 13.5. The quantitative estimate of drug-likeness (QED) is 0.878. The highest BCUT2D eigenvalue weighted by Crippen LogP contribution is 2.33. The van der Waals surface area contributed by atoms with Gasteiger partial charge in [-0.25, -0.2) is 13.4 Å². The normalized spacial score (nSPS) is 22.5. The van der Waals surface area contributed by atoms with Crippen LogP contribution in [0.3, 0.4) is 0 Å². The van der Waals surface area contributed by atoms with Crippen molar-refractivity contribution in [1.29, 1.82) is 0 Å². The van der Waals surface area contributed by atoms with Gasteiger partial charge in [-0.15, -0.1) is 0 Å². The molecule has 1 aromatic heterocycles. The van der Waals surface area contributed by atoms with E-state index in [1.807, 2.05) is 24.3 Å². The summed E-state index contributed by atoms with van der Waals surface area (Å²) < 4.78 is 28.9. The molecular formula is C17H24N2O3S. The maximum Gasteiger partial charge on any atom is 0.198 e. The van der Waals surface area contributed by atoms with Crippen LogP contribution in [0.2, 0.25) is 0 Å². The van der Waals surface area contributed by atoms with Gasteiger partial charge in [0.25, 0.3) is 0 Å².